The Labute approximate surface area is 112 Å². The van der Waals surface area contributed by atoms with Gasteiger partial charge in [-0.3, -0.25) is 4.90 Å². The molecule has 106 valence electrons. The minimum absolute atomic E-state index is 0.360. The zero-order chi connectivity index (χ0) is 13.2. The van der Waals surface area contributed by atoms with Gasteiger partial charge in [0, 0.05) is 25.2 Å². The molecule has 3 heteroatoms. The summed E-state index contributed by atoms with van der Waals surface area (Å²) in [5, 5.41) is 0. The number of hydrogen-bond donors (Lipinski definition) is 1. The van der Waals surface area contributed by atoms with Crippen molar-refractivity contribution in [3.8, 4) is 0 Å². The topological polar surface area (TPSA) is 38.5 Å². The molecule has 2 N–H and O–H groups in total. The van der Waals surface area contributed by atoms with Crippen molar-refractivity contribution < 1.29 is 4.74 Å². The van der Waals surface area contributed by atoms with E-state index in [2.05, 4.69) is 25.7 Å². The Morgan fingerprint density at radius 2 is 2.11 bits per heavy atom. The smallest absolute Gasteiger partial charge is 0.0702 e. The van der Waals surface area contributed by atoms with Gasteiger partial charge in [-0.2, -0.15) is 0 Å². The second kappa shape index (κ2) is 5.89. The predicted molar refractivity (Wildman–Crippen MR) is 75.6 cm³/mol. The highest BCUT2D eigenvalue weighted by Gasteiger charge is 2.37. The van der Waals surface area contributed by atoms with Crippen molar-refractivity contribution in [3.63, 3.8) is 0 Å². The number of rotatable bonds is 3. The lowest BCUT2D eigenvalue weighted by Crippen LogP contribution is -2.56. The molecule has 0 aromatic carbocycles. The lowest BCUT2D eigenvalue weighted by molar-refractivity contribution is -0.0256. The van der Waals surface area contributed by atoms with Crippen LogP contribution in [0.1, 0.15) is 52.9 Å². The first kappa shape index (κ1) is 14.3. The van der Waals surface area contributed by atoms with Gasteiger partial charge in [0.15, 0.2) is 0 Å². The molecule has 3 unspecified atom stereocenters. The van der Waals surface area contributed by atoms with Gasteiger partial charge >= 0.3 is 0 Å². The molecular weight excluding hydrogens is 224 g/mol. The molecule has 3 nitrogen and oxygen atoms in total. The summed E-state index contributed by atoms with van der Waals surface area (Å²) in [6, 6.07) is 0.926. The molecule has 0 bridgehead atoms. The second-order valence-corrected chi connectivity index (χ2v) is 6.85. The van der Waals surface area contributed by atoms with Gasteiger partial charge in [0.25, 0.3) is 0 Å². The largest absolute Gasteiger partial charge is 0.377 e. The van der Waals surface area contributed by atoms with Crippen LogP contribution in [0.3, 0.4) is 0 Å². The van der Waals surface area contributed by atoms with Gasteiger partial charge in [0.2, 0.25) is 0 Å². The molecule has 1 aliphatic heterocycles. The predicted octanol–water partition coefficient (Wildman–Crippen LogP) is 2.39. The molecule has 1 saturated carbocycles. The van der Waals surface area contributed by atoms with E-state index in [0.717, 1.165) is 13.2 Å². The van der Waals surface area contributed by atoms with Crippen LogP contribution in [0.4, 0.5) is 0 Å². The third kappa shape index (κ3) is 3.46. The zero-order valence-electron chi connectivity index (χ0n) is 12.3. The molecule has 2 aliphatic rings. The van der Waals surface area contributed by atoms with Gasteiger partial charge in [0.1, 0.15) is 0 Å². The lowest BCUT2D eigenvalue weighted by Gasteiger charge is -2.47. The molecule has 3 atom stereocenters. The third-order valence-corrected chi connectivity index (χ3v) is 4.69. The summed E-state index contributed by atoms with van der Waals surface area (Å²) in [6.07, 6.45) is 6.60. The monoisotopic (exact) mass is 254 g/mol. The average molecular weight is 254 g/mol. The van der Waals surface area contributed by atoms with E-state index in [0.29, 0.717) is 23.6 Å². The highest BCUT2D eigenvalue weighted by molar-refractivity contribution is 4.94. The summed E-state index contributed by atoms with van der Waals surface area (Å²) in [5.41, 5.74) is 6.83. The molecule has 0 aromatic heterocycles. The average Bonchev–Trinajstić information content (AvgIpc) is 2.33. The fourth-order valence-electron chi connectivity index (χ4n) is 3.61. The van der Waals surface area contributed by atoms with Crippen LogP contribution in [0.15, 0.2) is 0 Å². The van der Waals surface area contributed by atoms with Crippen LogP contribution in [0.25, 0.3) is 0 Å². The van der Waals surface area contributed by atoms with Crippen molar-refractivity contribution in [1.29, 1.82) is 0 Å². The van der Waals surface area contributed by atoms with Crippen LogP contribution in [-0.4, -0.2) is 42.8 Å². The number of ether oxygens (including phenoxy) is 1. The summed E-state index contributed by atoms with van der Waals surface area (Å²) < 4.78 is 5.81. The Morgan fingerprint density at radius 1 is 1.33 bits per heavy atom. The van der Waals surface area contributed by atoms with Crippen LogP contribution in [0.5, 0.6) is 0 Å². The highest BCUT2D eigenvalue weighted by Crippen LogP contribution is 2.37. The van der Waals surface area contributed by atoms with E-state index in [9.17, 15) is 0 Å². The van der Waals surface area contributed by atoms with Gasteiger partial charge in [0.05, 0.1) is 6.10 Å². The van der Waals surface area contributed by atoms with E-state index in [1.54, 1.807) is 0 Å². The number of nitrogens with two attached hydrogens (primary N) is 1. The standard InChI is InChI=1S/C15H30N2O/c1-4-18-12-6-5-9-17(11-12)14-10-15(2,3)8-7-13(14)16/h12-14H,4-11,16H2,1-3H3. The van der Waals surface area contributed by atoms with Crippen molar-refractivity contribution in [2.75, 3.05) is 19.7 Å². The minimum atomic E-state index is 0.360. The van der Waals surface area contributed by atoms with Crippen LogP contribution >= 0.6 is 0 Å². The molecule has 0 amide bonds. The van der Waals surface area contributed by atoms with Gasteiger partial charge in [-0.1, -0.05) is 13.8 Å². The molecular formula is C15H30N2O. The molecule has 1 saturated heterocycles. The fourth-order valence-corrected chi connectivity index (χ4v) is 3.61. The Bertz CT molecular complexity index is 265. The molecule has 18 heavy (non-hydrogen) atoms. The quantitative estimate of drug-likeness (QED) is 0.840. The maximum Gasteiger partial charge on any atom is 0.0702 e. The number of piperidine rings is 1. The third-order valence-electron chi connectivity index (χ3n) is 4.69. The van der Waals surface area contributed by atoms with E-state index in [1.165, 1.54) is 38.6 Å². The molecule has 2 fully saturated rings. The lowest BCUT2D eigenvalue weighted by atomic mass is 9.72. The Kier molecular flexibility index (Phi) is 4.68. The number of nitrogens with zero attached hydrogens (tertiary/aromatic N) is 1. The Balaban J connectivity index is 1.96. The minimum Gasteiger partial charge on any atom is -0.377 e. The molecule has 1 heterocycles. The molecule has 0 aromatic rings. The maximum absolute atomic E-state index is 6.37. The first-order valence-corrected chi connectivity index (χ1v) is 7.63. The van der Waals surface area contributed by atoms with E-state index in [1.807, 2.05) is 0 Å². The van der Waals surface area contributed by atoms with Crippen molar-refractivity contribution in [1.82, 2.24) is 4.90 Å². The van der Waals surface area contributed by atoms with Gasteiger partial charge in [-0.05, 0) is 51.0 Å². The van der Waals surface area contributed by atoms with Crippen molar-refractivity contribution in [2.24, 2.45) is 11.1 Å². The van der Waals surface area contributed by atoms with Crippen molar-refractivity contribution >= 4 is 0 Å². The van der Waals surface area contributed by atoms with Crippen molar-refractivity contribution in [2.45, 2.75) is 71.1 Å². The number of hydrogen-bond acceptors (Lipinski definition) is 3. The van der Waals surface area contributed by atoms with Crippen molar-refractivity contribution in [3.05, 3.63) is 0 Å². The summed E-state index contributed by atoms with van der Waals surface area (Å²) in [6.45, 7) is 9.99. The zero-order valence-corrected chi connectivity index (χ0v) is 12.3. The Hall–Kier alpha value is -0.120. The first-order valence-electron chi connectivity index (χ1n) is 7.63. The molecule has 1 aliphatic carbocycles. The molecule has 2 rings (SSSR count). The van der Waals surface area contributed by atoms with Gasteiger partial charge in [-0.25, -0.2) is 0 Å². The first-order chi connectivity index (χ1) is 8.52. The second-order valence-electron chi connectivity index (χ2n) is 6.85. The highest BCUT2D eigenvalue weighted by atomic mass is 16.5. The maximum atomic E-state index is 6.37. The van der Waals surface area contributed by atoms with Crippen LogP contribution in [0.2, 0.25) is 0 Å². The van der Waals surface area contributed by atoms with Gasteiger partial charge in [-0.15, -0.1) is 0 Å². The summed E-state index contributed by atoms with van der Waals surface area (Å²) in [4.78, 5) is 2.61. The molecule has 0 radical (unpaired) electrons. The van der Waals surface area contributed by atoms with E-state index in [-0.39, 0.29) is 0 Å². The molecule has 0 spiro atoms. The van der Waals surface area contributed by atoms with Crippen LogP contribution < -0.4 is 5.73 Å². The van der Waals surface area contributed by atoms with E-state index < -0.39 is 0 Å². The number of likely N-dealkylation sites (tertiary alicyclic amines) is 1. The van der Waals surface area contributed by atoms with Crippen LogP contribution in [0, 0.1) is 5.41 Å². The Morgan fingerprint density at radius 3 is 2.83 bits per heavy atom. The SMILES string of the molecule is CCOC1CCCN(C2CC(C)(C)CCC2N)C1. The normalized spacial score (nSPS) is 37.7. The van der Waals surface area contributed by atoms with E-state index >= 15 is 0 Å². The summed E-state index contributed by atoms with van der Waals surface area (Å²) >= 11 is 0. The summed E-state index contributed by atoms with van der Waals surface area (Å²) in [7, 11) is 0. The van der Waals surface area contributed by atoms with Gasteiger partial charge < -0.3 is 10.5 Å². The summed E-state index contributed by atoms with van der Waals surface area (Å²) in [5.74, 6) is 0. The fraction of sp³-hybridized carbons (Fsp3) is 1.00. The van der Waals surface area contributed by atoms with Crippen LogP contribution in [-0.2, 0) is 4.74 Å². The van der Waals surface area contributed by atoms with E-state index in [4.69, 9.17) is 10.5 Å².